The van der Waals surface area contributed by atoms with Gasteiger partial charge in [0.2, 0.25) is 0 Å². The van der Waals surface area contributed by atoms with Gasteiger partial charge in [-0.05, 0) is 42.5 Å². The van der Waals surface area contributed by atoms with Crippen molar-refractivity contribution in [1.82, 2.24) is 0 Å². The molecule has 1 rings (SSSR count). The van der Waals surface area contributed by atoms with E-state index in [1.807, 2.05) is 0 Å². The summed E-state index contributed by atoms with van der Waals surface area (Å²) in [6, 6.07) is 5.36. The molecule has 4 heteroatoms. The van der Waals surface area contributed by atoms with Gasteiger partial charge in [-0.25, -0.2) is 0 Å². The third-order valence-corrected chi connectivity index (χ3v) is 3.18. The summed E-state index contributed by atoms with van der Waals surface area (Å²) >= 11 is 0. The zero-order chi connectivity index (χ0) is 13.1. The van der Waals surface area contributed by atoms with E-state index in [0.717, 1.165) is 24.1 Å². The lowest BCUT2D eigenvalue weighted by molar-refractivity contribution is -0.137. The monoisotopic (exact) mass is 245 g/mol. The molecule has 0 radical (unpaired) electrons. The van der Waals surface area contributed by atoms with Gasteiger partial charge in [-0.3, -0.25) is 0 Å². The lowest BCUT2D eigenvalue weighted by atomic mass is 9.89. The maximum Gasteiger partial charge on any atom is 0.416 e. The number of halogens is 3. The summed E-state index contributed by atoms with van der Waals surface area (Å²) in [5, 5.41) is 0. The largest absolute Gasteiger partial charge is 0.416 e. The average molecular weight is 245 g/mol. The molecule has 0 saturated carbocycles. The third-order valence-electron chi connectivity index (χ3n) is 3.18. The van der Waals surface area contributed by atoms with Crippen molar-refractivity contribution in [3.63, 3.8) is 0 Å². The van der Waals surface area contributed by atoms with Crippen molar-refractivity contribution in [1.29, 1.82) is 0 Å². The van der Waals surface area contributed by atoms with Crippen molar-refractivity contribution < 1.29 is 13.2 Å². The lowest BCUT2D eigenvalue weighted by Crippen LogP contribution is -2.20. The van der Waals surface area contributed by atoms with Crippen LogP contribution in [0.1, 0.15) is 25.0 Å². The highest BCUT2D eigenvalue weighted by Gasteiger charge is 2.29. The SMILES string of the molecule is CC(CN)C(C)Cc1ccc(C(F)(F)F)cc1. The van der Waals surface area contributed by atoms with Crippen LogP contribution in [0, 0.1) is 11.8 Å². The molecule has 2 atom stereocenters. The Hall–Kier alpha value is -1.03. The first-order valence-electron chi connectivity index (χ1n) is 5.70. The van der Waals surface area contributed by atoms with Crippen molar-refractivity contribution in [2.75, 3.05) is 6.54 Å². The summed E-state index contributed by atoms with van der Waals surface area (Å²) in [5.74, 6) is 0.744. The van der Waals surface area contributed by atoms with Crippen LogP contribution in [0.25, 0.3) is 0 Å². The minimum Gasteiger partial charge on any atom is -0.330 e. The Morgan fingerprint density at radius 2 is 1.59 bits per heavy atom. The molecule has 0 bridgehead atoms. The predicted molar refractivity (Wildman–Crippen MR) is 62.5 cm³/mol. The first-order chi connectivity index (χ1) is 7.84. The second-order valence-electron chi connectivity index (χ2n) is 4.59. The summed E-state index contributed by atoms with van der Waals surface area (Å²) in [7, 11) is 0. The zero-order valence-electron chi connectivity index (χ0n) is 10.1. The number of hydrogen-bond acceptors (Lipinski definition) is 1. The molecule has 1 aromatic carbocycles. The number of rotatable bonds is 4. The molecule has 1 nitrogen and oxygen atoms in total. The van der Waals surface area contributed by atoms with Crippen LogP contribution in [0.5, 0.6) is 0 Å². The van der Waals surface area contributed by atoms with Gasteiger partial charge in [0, 0.05) is 0 Å². The van der Waals surface area contributed by atoms with Crippen LogP contribution in [0.15, 0.2) is 24.3 Å². The van der Waals surface area contributed by atoms with Crippen molar-refractivity contribution in [2.45, 2.75) is 26.4 Å². The minimum absolute atomic E-state index is 0.372. The first-order valence-corrected chi connectivity index (χ1v) is 5.70. The van der Waals surface area contributed by atoms with Gasteiger partial charge < -0.3 is 5.73 Å². The van der Waals surface area contributed by atoms with Crippen molar-refractivity contribution >= 4 is 0 Å². The highest BCUT2D eigenvalue weighted by atomic mass is 19.4. The molecule has 0 saturated heterocycles. The molecule has 0 aliphatic heterocycles. The second kappa shape index (κ2) is 5.54. The molecule has 0 aliphatic carbocycles. The fourth-order valence-corrected chi connectivity index (χ4v) is 1.64. The van der Waals surface area contributed by atoms with Crippen LogP contribution in [0.4, 0.5) is 13.2 Å². The van der Waals surface area contributed by atoms with Gasteiger partial charge in [-0.1, -0.05) is 26.0 Å². The number of hydrogen-bond donors (Lipinski definition) is 1. The van der Waals surface area contributed by atoms with Crippen LogP contribution in [0.3, 0.4) is 0 Å². The molecule has 0 amide bonds. The van der Waals surface area contributed by atoms with E-state index in [1.165, 1.54) is 0 Å². The fourth-order valence-electron chi connectivity index (χ4n) is 1.64. The second-order valence-corrected chi connectivity index (χ2v) is 4.59. The molecular weight excluding hydrogens is 227 g/mol. The average Bonchev–Trinajstić information content (AvgIpc) is 2.27. The molecule has 2 N–H and O–H groups in total. The van der Waals surface area contributed by atoms with Gasteiger partial charge in [0.05, 0.1) is 5.56 Å². The standard InChI is InChI=1S/C13H18F3N/c1-9(10(2)8-17)7-11-3-5-12(6-4-11)13(14,15)16/h3-6,9-10H,7-8,17H2,1-2H3. The molecule has 2 unspecified atom stereocenters. The summed E-state index contributed by atoms with van der Waals surface area (Å²) < 4.78 is 37.0. The van der Waals surface area contributed by atoms with E-state index in [-0.39, 0.29) is 0 Å². The predicted octanol–water partition coefficient (Wildman–Crippen LogP) is 3.48. The Balaban J connectivity index is 2.69. The molecule has 0 spiro atoms. The Labute approximate surface area is 99.8 Å². The molecule has 1 aromatic rings. The maximum absolute atomic E-state index is 12.3. The fraction of sp³-hybridized carbons (Fsp3) is 0.538. The number of alkyl halides is 3. The summed E-state index contributed by atoms with van der Waals surface area (Å²) in [5.41, 5.74) is 5.88. The smallest absolute Gasteiger partial charge is 0.330 e. The van der Waals surface area contributed by atoms with Gasteiger partial charge in [0.25, 0.3) is 0 Å². The number of nitrogens with two attached hydrogens (primary N) is 1. The molecule has 0 aromatic heterocycles. The molecular formula is C13H18F3N. The lowest BCUT2D eigenvalue weighted by Gasteiger charge is -2.18. The van der Waals surface area contributed by atoms with Gasteiger partial charge in [0.1, 0.15) is 0 Å². The van der Waals surface area contributed by atoms with Crippen LogP contribution >= 0.6 is 0 Å². The Bertz CT molecular complexity index is 343. The molecule has 0 aliphatic rings. The summed E-state index contributed by atoms with van der Waals surface area (Å²) in [4.78, 5) is 0. The summed E-state index contributed by atoms with van der Waals surface area (Å²) in [6.07, 6.45) is -3.49. The Morgan fingerprint density at radius 1 is 1.06 bits per heavy atom. The van der Waals surface area contributed by atoms with E-state index >= 15 is 0 Å². The zero-order valence-corrected chi connectivity index (χ0v) is 10.1. The van der Waals surface area contributed by atoms with Crippen LogP contribution in [0.2, 0.25) is 0 Å². The molecule has 0 heterocycles. The van der Waals surface area contributed by atoms with E-state index in [0.29, 0.717) is 18.4 Å². The highest BCUT2D eigenvalue weighted by Crippen LogP contribution is 2.29. The van der Waals surface area contributed by atoms with Crippen molar-refractivity contribution in [3.8, 4) is 0 Å². The number of benzene rings is 1. The van der Waals surface area contributed by atoms with E-state index in [2.05, 4.69) is 13.8 Å². The van der Waals surface area contributed by atoms with E-state index < -0.39 is 11.7 Å². The van der Waals surface area contributed by atoms with Gasteiger partial charge in [-0.2, -0.15) is 13.2 Å². The van der Waals surface area contributed by atoms with E-state index in [9.17, 15) is 13.2 Å². The highest BCUT2D eigenvalue weighted by molar-refractivity contribution is 5.24. The quantitative estimate of drug-likeness (QED) is 0.863. The van der Waals surface area contributed by atoms with Crippen LogP contribution in [-0.4, -0.2) is 6.54 Å². The Morgan fingerprint density at radius 3 is 2.00 bits per heavy atom. The van der Waals surface area contributed by atoms with Crippen LogP contribution in [-0.2, 0) is 12.6 Å². The molecule has 96 valence electrons. The van der Waals surface area contributed by atoms with E-state index in [1.54, 1.807) is 12.1 Å². The molecule has 17 heavy (non-hydrogen) atoms. The van der Waals surface area contributed by atoms with E-state index in [4.69, 9.17) is 5.73 Å². The Kier molecular flexibility index (Phi) is 4.57. The maximum atomic E-state index is 12.3. The normalized spacial score (nSPS) is 15.6. The third kappa shape index (κ3) is 4.04. The topological polar surface area (TPSA) is 26.0 Å². The minimum atomic E-state index is -4.26. The summed E-state index contributed by atoms with van der Waals surface area (Å²) in [6.45, 7) is 4.71. The molecule has 0 fully saturated rings. The van der Waals surface area contributed by atoms with Gasteiger partial charge >= 0.3 is 6.18 Å². The van der Waals surface area contributed by atoms with Crippen molar-refractivity contribution in [2.24, 2.45) is 17.6 Å². The van der Waals surface area contributed by atoms with Gasteiger partial charge in [0.15, 0.2) is 0 Å². The van der Waals surface area contributed by atoms with Crippen LogP contribution < -0.4 is 5.73 Å². The van der Waals surface area contributed by atoms with Gasteiger partial charge in [-0.15, -0.1) is 0 Å². The first kappa shape index (κ1) is 14.0. The van der Waals surface area contributed by atoms with Crippen molar-refractivity contribution in [3.05, 3.63) is 35.4 Å².